The second-order valence-corrected chi connectivity index (χ2v) is 11.4. The van der Waals surface area contributed by atoms with Crippen LogP contribution in [0.3, 0.4) is 0 Å². The molecule has 0 aliphatic carbocycles. The fourth-order valence-electron chi connectivity index (χ4n) is 4.51. The first kappa shape index (κ1) is 31.0. The van der Waals surface area contributed by atoms with Crippen molar-refractivity contribution in [2.24, 2.45) is 0 Å². The fraction of sp³-hybridized carbons (Fsp3) is 0.500. The molecule has 2 amide bonds. The number of carbonyl (C=O) groups excluding carboxylic acids is 1. The standard InChI is InChI=1S/C32H44ClN3O2S/c1-3-4-5-6-7-8-9-10-11-12-13-14-21-38-29-19-20-31(30(33)22-29)35-32(37)34-28-17-15-27(16-18-28)23-36-25-39-24-26(36)2/h15-20,22,24-25H,3-14,21,23H2,1-2H3,(H-,34,35,37)/p+1. The number of unbranched alkanes of at least 4 members (excludes halogenated alkanes) is 11. The fourth-order valence-corrected chi connectivity index (χ4v) is 5.51. The second-order valence-electron chi connectivity index (χ2n) is 10.3. The number of urea groups is 1. The molecule has 5 nitrogen and oxygen atoms in total. The van der Waals surface area contributed by atoms with Gasteiger partial charge in [0.25, 0.3) is 0 Å². The van der Waals surface area contributed by atoms with Crippen LogP contribution < -0.4 is 19.9 Å². The Labute approximate surface area is 243 Å². The zero-order valence-electron chi connectivity index (χ0n) is 23.6. The Hall–Kier alpha value is -2.57. The van der Waals surface area contributed by atoms with Gasteiger partial charge in [0.15, 0.2) is 12.2 Å². The van der Waals surface area contributed by atoms with Gasteiger partial charge in [-0.15, -0.1) is 0 Å². The normalized spacial score (nSPS) is 10.9. The highest BCUT2D eigenvalue weighted by Crippen LogP contribution is 2.27. The Kier molecular flexibility index (Phi) is 14.2. The number of aryl methyl sites for hydroxylation is 1. The lowest BCUT2D eigenvalue weighted by Gasteiger charge is -2.11. The molecule has 0 radical (unpaired) electrons. The average molecular weight is 571 g/mol. The number of anilines is 2. The van der Waals surface area contributed by atoms with E-state index in [1.165, 1.54) is 81.9 Å². The van der Waals surface area contributed by atoms with Crippen LogP contribution in [0, 0.1) is 6.92 Å². The van der Waals surface area contributed by atoms with Gasteiger partial charge in [-0.2, -0.15) is 4.57 Å². The van der Waals surface area contributed by atoms with E-state index in [9.17, 15) is 4.79 Å². The van der Waals surface area contributed by atoms with Gasteiger partial charge in [0.05, 0.1) is 22.7 Å². The summed E-state index contributed by atoms with van der Waals surface area (Å²) >= 11 is 8.10. The van der Waals surface area contributed by atoms with Crippen LogP contribution in [-0.4, -0.2) is 12.6 Å². The van der Waals surface area contributed by atoms with E-state index < -0.39 is 0 Å². The van der Waals surface area contributed by atoms with Crippen molar-refractivity contribution in [3.63, 3.8) is 0 Å². The molecule has 0 saturated carbocycles. The highest BCUT2D eigenvalue weighted by atomic mass is 35.5. The van der Waals surface area contributed by atoms with E-state index in [2.05, 4.69) is 39.9 Å². The Morgan fingerprint density at radius 2 is 1.51 bits per heavy atom. The Balaban J connectivity index is 1.28. The van der Waals surface area contributed by atoms with Crippen LogP contribution in [0.15, 0.2) is 53.4 Å². The van der Waals surface area contributed by atoms with Crippen molar-refractivity contribution in [2.45, 2.75) is 97.4 Å². The van der Waals surface area contributed by atoms with E-state index in [1.54, 1.807) is 23.5 Å². The zero-order chi connectivity index (χ0) is 27.7. The summed E-state index contributed by atoms with van der Waals surface area (Å²) in [6.45, 7) is 5.86. The first-order chi connectivity index (χ1) is 19.0. The molecule has 0 spiro atoms. The van der Waals surface area contributed by atoms with Crippen molar-refractivity contribution in [3.8, 4) is 5.75 Å². The van der Waals surface area contributed by atoms with E-state index in [1.807, 2.05) is 30.3 Å². The molecule has 0 unspecified atom stereocenters. The molecular weight excluding hydrogens is 526 g/mol. The van der Waals surface area contributed by atoms with Gasteiger partial charge in [0.2, 0.25) is 5.51 Å². The predicted octanol–water partition coefficient (Wildman–Crippen LogP) is 9.77. The topological polar surface area (TPSA) is 54.2 Å². The number of thiazole rings is 1. The minimum Gasteiger partial charge on any atom is -0.494 e. The molecule has 3 aromatic rings. The van der Waals surface area contributed by atoms with Crippen LogP contribution in [0.1, 0.15) is 95.2 Å². The van der Waals surface area contributed by atoms with E-state index in [0.29, 0.717) is 17.3 Å². The van der Waals surface area contributed by atoms with E-state index in [-0.39, 0.29) is 6.03 Å². The number of amides is 2. The molecule has 2 aromatic carbocycles. The number of hydrogen-bond acceptors (Lipinski definition) is 3. The molecule has 2 N–H and O–H groups in total. The zero-order valence-corrected chi connectivity index (χ0v) is 25.2. The van der Waals surface area contributed by atoms with Gasteiger partial charge < -0.3 is 15.4 Å². The quantitative estimate of drug-likeness (QED) is 0.118. The van der Waals surface area contributed by atoms with E-state index in [4.69, 9.17) is 16.3 Å². The number of halogens is 1. The maximum absolute atomic E-state index is 12.5. The first-order valence-corrected chi connectivity index (χ1v) is 15.9. The van der Waals surface area contributed by atoms with Crippen molar-refractivity contribution in [1.82, 2.24) is 0 Å². The number of hydrogen-bond donors (Lipinski definition) is 2. The van der Waals surface area contributed by atoms with Crippen LogP contribution in [0.25, 0.3) is 0 Å². The smallest absolute Gasteiger partial charge is 0.323 e. The summed E-state index contributed by atoms with van der Waals surface area (Å²) in [7, 11) is 0. The van der Waals surface area contributed by atoms with Crippen molar-refractivity contribution in [2.75, 3.05) is 17.2 Å². The Morgan fingerprint density at radius 3 is 2.10 bits per heavy atom. The lowest BCUT2D eigenvalue weighted by molar-refractivity contribution is -0.689. The Bertz CT molecular complexity index is 1120. The van der Waals surface area contributed by atoms with Crippen LogP contribution in [0.5, 0.6) is 5.75 Å². The lowest BCUT2D eigenvalue weighted by Crippen LogP contribution is -2.34. The van der Waals surface area contributed by atoms with E-state index >= 15 is 0 Å². The molecular formula is C32H45ClN3O2S+. The summed E-state index contributed by atoms with van der Waals surface area (Å²) in [5.41, 5.74) is 5.79. The van der Waals surface area contributed by atoms with Crippen LogP contribution in [-0.2, 0) is 6.54 Å². The van der Waals surface area contributed by atoms with Crippen molar-refractivity contribution in [3.05, 3.63) is 69.6 Å². The number of nitrogens with one attached hydrogen (secondary N) is 2. The largest absolute Gasteiger partial charge is 0.494 e. The summed E-state index contributed by atoms with van der Waals surface area (Å²) in [5.74, 6) is 0.725. The van der Waals surface area contributed by atoms with Gasteiger partial charge in [-0.25, -0.2) is 4.79 Å². The molecule has 0 bridgehead atoms. The van der Waals surface area contributed by atoms with Gasteiger partial charge in [-0.3, -0.25) is 0 Å². The predicted molar refractivity (Wildman–Crippen MR) is 165 cm³/mol. The average Bonchev–Trinajstić information content (AvgIpc) is 3.33. The van der Waals surface area contributed by atoms with Crippen molar-refractivity contribution in [1.29, 1.82) is 0 Å². The van der Waals surface area contributed by atoms with Crippen molar-refractivity contribution < 1.29 is 14.1 Å². The number of ether oxygens (including phenoxy) is 1. The van der Waals surface area contributed by atoms with Crippen LogP contribution in [0.4, 0.5) is 16.2 Å². The summed E-state index contributed by atoms with van der Waals surface area (Å²) < 4.78 is 8.08. The molecule has 0 saturated heterocycles. The third-order valence-corrected chi connectivity index (χ3v) is 8.07. The third kappa shape index (κ3) is 12.0. The van der Waals surface area contributed by atoms with Gasteiger partial charge >= 0.3 is 6.03 Å². The van der Waals surface area contributed by atoms with Gasteiger partial charge in [-0.05, 0) is 30.7 Å². The molecule has 3 rings (SSSR count). The molecule has 0 fully saturated rings. The lowest BCUT2D eigenvalue weighted by atomic mass is 10.1. The van der Waals surface area contributed by atoms with Crippen LogP contribution in [0.2, 0.25) is 5.02 Å². The summed E-state index contributed by atoms with van der Waals surface area (Å²) in [4.78, 5) is 12.5. The van der Waals surface area contributed by atoms with Gasteiger partial charge in [0, 0.05) is 24.2 Å². The number of nitrogens with zero attached hydrogens (tertiary/aromatic N) is 1. The highest BCUT2D eigenvalue weighted by molar-refractivity contribution is 7.07. The summed E-state index contributed by atoms with van der Waals surface area (Å²) in [6, 6.07) is 12.9. The highest BCUT2D eigenvalue weighted by Gasteiger charge is 2.10. The molecule has 7 heteroatoms. The molecule has 0 atom stereocenters. The maximum atomic E-state index is 12.5. The molecule has 0 aliphatic heterocycles. The number of carbonyl (C=O) groups is 1. The Morgan fingerprint density at radius 1 is 0.872 bits per heavy atom. The number of benzene rings is 2. The van der Waals surface area contributed by atoms with Gasteiger partial charge in [0.1, 0.15) is 5.75 Å². The molecule has 1 heterocycles. The molecule has 39 heavy (non-hydrogen) atoms. The SMILES string of the molecule is CCCCCCCCCCCCCCOc1ccc(NC(=O)Nc2ccc(C[n+]3cscc3C)cc2)c(Cl)c1. The van der Waals surface area contributed by atoms with E-state index in [0.717, 1.165) is 24.4 Å². The molecule has 1 aromatic heterocycles. The van der Waals surface area contributed by atoms with Crippen molar-refractivity contribution >= 4 is 40.3 Å². The minimum atomic E-state index is -0.335. The molecule has 0 aliphatic rings. The third-order valence-electron chi connectivity index (χ3n) is 6.90. The maximum Gasteiger partial charge on any atom is 0.323 e. The van der Waals surface area contributed by atoms with Crippen LogP contribution >= 0.6 is 22.9 Å². The summed E-state index contributed by atoms with van der Waals surface area (Å²) in [5, 5.41) is 8.27. The first-order valence-electron chi connectivity index (χ1n) is 14.6. The molecule has 212 valence electrons. The van der Waals surface area contributed by atoms with Gasteiger partial charge in [-0.1, -0.05) is 113 Å². The monoisotopic (exact) mass is 570 g/mol. The second kappa shape index (κ2) is 17.9. The number of aromatic nitrogens is 1. The summed E-state index contributed by atoms with van der Waals surface area (Å²) in [6.07, 6.45) is 15.9. The number of rotatable bonds is 18. The minimum absolute atomic E-state index is 0.335.